The summed E-state index contributed by atoms with van der Waals surface area (Å²) in [6, 6.07) is 0. The van der Waals surface area contributed by atoms with E-state index in [0.29, 0.717) is 0 Å². The SMILES string of the molecule is O=S(=O)(C(F)F)N(CCBr)CC(F)F. The first kappa shape index (κ1) is 14.1. The summed E-state index contributed by atoms with van der Waals surface area (Å²) in [6.07, 6.45) is -2.97. The summed E-state index contributed by atoms with van der Waals surface area (Å²) < 4.78 is 69.2. The minimum absolute atomic E-state index is 0.0195. The summed E-state index contributed by atoms with van der Waals surface area (Å²) in [7, 11) is -4.91. The van der Waals surface area contributed by atoms with Crippen LogP contribution in [-0.4, -0.2) is 43.3 Å². The maximum Gasteiger partial charge on any atom is 0.350 e. The van der Waals surface area contributed by atoms with Gasteiger partial charge in [0.05, 0.1) is 6.54 Å². The predicted octanol–water partition coefficient (Wildman–Crippen LogP) is 1.50. The van der Waals surface area contributed by atoms with Crippen molar-refractivity contribution in [2.75, 3.05) is 18.4 Å². The lowest BCUT2D eigenvalue weighted by Crippen LogP contribution is -2.39. The lowest BCUT2D eigenvalue weighted by molar-refractivity contribution is 0.117. The molecule has 86 valence electrons. The van der Waals surface area contributed by atoms with Crippen LogP contribution in [0.15, 0.2) is 0 Å². The molecule has 14 heavy (non-hydrogen) atoms. The maximum atomic E-state index is 11.9. The van der Waals surface area contributed by atoms with Crippen molar-refractivity contribution in [1.29, 1.82) is 0 Å². The van der Waals surface area contributed by atoms with Gasteiger partial charge in [0.1, 0.15) is 0 Å². The molecular formula is C5H8BrF4NO2S. The van der Waals surface area contributed by atoms with Gasteiger partial charge >= 0.3 is 5.76 Å². The molecule has 0 fully saturated rings. The standard InChI is InChI=1S/C5H8BrF4NO2S/c6-1-2-11(3-4(7)8)14(12,13)5(9)10/h4-5H,1-3H2. The molecule has 0 aromatic heterocycles. The normalized spacial score (nSPS) is 13.1. The summed E-state index contributed by atoms with van der Waals surface area (Å²) in [6.45, 7) is -1.62. The van der Waals surface area contributed by atoms with Gasteiger partial charge in [0.25, 0.3) is 16.4 Å². The Morgan fingerprint density at radius 3 is 2.00 bits per heavy atom. The third-order valence-corrected chi connectivity index (χ3v) is 3.12. The maximum absolute atomic E-state index is 11.9. The second kappa shape index (κ2) is 5.86. The van der Waals surface area contributed by atoms with Crippen LogP contribution in [-0.2, 0) is 10.0 Å². The molecule has 0 N–H and O–H groups in total. The number of halogens is 5. The van der Waals surface area contributed by atoms with Gasteiger partial charge in [-0.2, -0.15) is 13.1 Å². The van der Waals surface area contributed by atoms with Crippen LogP contribution in [0.5, 0.6) is 0 Å². The van der Waals surface area contributed by atoms with Crippen LogP contribution in [0, 0.1) is 0 Å². The highest BCUT2D eigenvalue weighted by Gasteiger charge is 2.33. The van der Waals surface area contributed by atoms with Crippen molar-refractivity contribution in [2.24, 2.45) is 0 Å². The lowest BCUT2D eigenvalue weighted by Gasteiger charge is -2.19. The highest BCUT2D eigenvalue weighted by Crippen LogP contribution is 2.13. The van der Waals surface area contributed by atoms with E-state index in [9.17, 15) is 26.0 Å². The first-order valence-electron chi connectivity index (χ1n) is 3.43. The Labute approximate surface area is 87.2 Å². The molecule has 0 spiro atoms. The van der Waals surface area contributed by atoms with E-state index in [4.69, 9.17) is 0 Å². The number of hydrogen-bond acceptors (Lipinski definition) is 2. The van der Waals surface area contributed by atoms with Crippen molar-refractivity contribution < 1.29 is 26.0 Å². The third-order valence-electron chi connectivity index (χ3n) is 1.26. The van der Waals surface area contributed by atoms with Crippen LogP contribution in [0.4, 0.5) is 17.6 Å². The van der Waals surface area contributed by atoms with E-state index in [1.54, 1.807) is 0 Å². The summed E-state index contributed by atoms with van der Waals surface area (Å²) in [4.78, 5) is 0. The summed E-state index contributed by atoms with van der Waals surface area (Å²) in [5.74, 6) is -3.67. The van der Waals surface area contributed by atoms with Crippen LogP contribution < -0.4 is 0 Å². The average molecular weight is 302 g/mol. The van der Waals surface area contributed by atoms with Gasteiger partial charge in [-0.05, 0) is 0 Å². The van der Waals surface area contributed by atoms with E-state index in [1.165, 1.54) is 0 Å². The average Bonchev–Trinajstić information content (AvgIpc) is 2.02. The molecule has 0 rings (SSSR count). The van der Waals surface area contributed by atoms with Crippen molar-refractivity contribution >= 4 is 26.0 Å². The molecule has 0 saturated carbocycles. The van der Waals surface area contributed by atoms with Crippen LogP contribution in [0.3, 0.4) is 0 Å². The van der Waals surface area contributed by atoms with Gasteiger partial charge in [-0.25, -0.2) is 17.2 Å². The highest BCUT2D eigenvalue weighted by molar-refractivity contribution is 9.09. The molecular weight excluding hydrogens is 294 g/mol. The third kappa shape index (κ3) is 4.09. The minimum atomic E-state index is -4.91. The molecule has 0 saturated heterocycles. The minimum Gasteiger partial charge on any atom is -0.209 e. The van der Waals surface area contributed by atoms with Crippen molar-refractivity contribution in [1.82, 2.24) is 4.31 Å². The molecule has 0 aliphatic heterocycles. The number of rotatable bonds is 6. The zero-order valence-electron chi connectivity index (χ0n) is 6.84. The summed E-state index contributed by atoms with van der Waals surface area (Å²) in [5.41, 5.74) is 0. The molecule has 0 aromatic rings. The Kier molecular flexibility index (Phi) is 5.91. The molecule has 9 heteroatoms. The van der Waals surface area contributed by atoms with E-state index < -0.39 is 35.3 Å². The first-order valence-corrected chi connectivity index (χ1v) is 6.06. The molecule has 0 aliphatic carbocycles. The molecule has 0 bridgehead atoms. The molecule has 0 amide bonds. The predicted molar refractivity (Wildman–Crippen MR) is 46.3 cm³/mol. The molecule has 0 aromatic carbocycles. The van der Waals surface area contributed by atoms with Gasteiger partial charge in [-0.1, -0.05) is 15.9 Å². The fraction of sp³-hybridized carbons (Fsp3) is 1.00. The van der Waals surface area contributed by atoms with Crippen LogP contribution >= 0.6 is 15.9 Å². The molecule has 0 radical (unpaired) electrons. The van der Waals surface area contributed by atoms with Gasteiger partial charge < -0.3 is 0 Å². The van der Waals surface area contributed by atoms with E-state index in [-0.39, 0.29) is 9.64 Å². The smallest absolute Gasteiger partial charge is 0.209 e. The van der Waals surface area contributed by atoms with Crippen LogP contribution in [0.2, 0.25) is 0 Å². The quantitative estimate of drug-likeness (QED) is 0.551. The Morgan fingerprint density at radius 1 is 1.21 bits per heavy atom. The second-order valence-electron chi connectivity index (χ2n) is 2.24. The van der Waals surface area contributed by atoms with Gasteiger partial charge in [0.15, 0.2) is 0 Å². The summed E-state index contributed by atoms with van der Waals surface area (Å²) >= 11 is 2.79. The van der Waals surface area contributed by atoms with Gasteiger partial charge in [-0.3, -0.25) is 0 Å². The Bertz CT molecular complexity index is 258. The molecule has 0 unspecified atom stereocenters. The number of sulfonamides is 1. The number of nitrogens with zero attached hydrogens (tertiary/aromatic N) is 1. The topological polar surface area (TPSA) is 37.4 Å². The Hall–Kier alpha value is 0.110. The van der Waals surface area contributed by atoms with Gasteiger partial charge in [0.2, 0.25) is 0 Å². The number of alkyl halides is 5. The van der Waals surface area contributed by atoms with Gasteiger partial charge in [0, 0.05) is 11.9 Å². The van der Waals surface area contributed by atoms with E-state index in [0.717, 1.165) is 0 Å². The molecule has 3 nitrogen and oxygen atoms in total. The van der Waals surface area contributed by atoms with Crippen molar-refractivity contribution in [2.45, 2.75) is 12.2 Å². The molecule has 0 aliphatic rings. The zero-order chi connectivity index (χ0) is 11.4. The van der Waals surface area contributed by atoms with Crippen molar-refractivity contribution in [3.8, 4) is 0 Å². The summed E-state index contributed by atoms with van der Waals surface area (Å²) in [5, 5.41) is 0.0195. The molecule has 0 heterocycles. The fourth-order valence-electron chi connectivity index (χ4n) is 0.683. The van der Waals surface area contributed by atoms with Crippen molar-refractivity contribution in [3.63, 3.8) is 0 Å². The monoisotopic (exact) mass is 301 g/mol. The van der Waals surface area contributed by atoms with Gasteiger partial charge in [-0.15, -0.1) is 0 Å². The largest absolute Gasteiger partial charge is 0.350 e. The van der Waals surface area contributed by atoms with E-state index >= 15 is 0 Å². The zero-order valence-corrected chi connectivity index (χ0v) is 9.24. The Balaban J connectivity index is 4.64. The number of hydrogen-bond donors (Lipinski definition) is 0. The molecule has 0 atom stereocenters. The van der Waals surface area contributed by atoms with Crippen LogP contribution in [0.25, 0.3) is 0 Å². The highest BCUT2D eigenvalue weighted by atomic mass is 79.9. The van der Waals surface area contributed by atoms with Crippen LogP contribution in [0.1, 0.15) is 0 Å². The van der Waals surface area contributed by atoms with Crippen molar-refractivity contribution in [3.05, 3.63) is 0 Å². The first-order chi connectivity index (χ1) is 6.32. The lowest BCUT2D eigenvalue weighted by atomic mass is 10.6. The van der Waals surface area contributed by atoms with E-state index in [1.807, 2.05) is 0 Å². The second-order valence-corrected chi connectivity index (χ2v) is 4.94. The Morgan fingerprint density at radius 2 is 1.71 bits per heavy atom. The van der Waals surface area contributed by atoms with E-state index in [2.05, 4.69) is 15.9 Å². The fourth-order valence-corrected chi connectivity index (χ4v) is 2.24.